The molecule has 7 nitrogen and oxygen atoms in total. The van der Waals surface area contributed by atoms with E-state index in [1.807, 2.05) is 4.57 Å². The van der Waals surface area contributed by atoms with Gasteiger partial charge in [-0.2, -0.15) is 4.37 Å². The molecule has 1 aliphatic rings. The first-order chi connectivity index (χ1) is 11.6. The van der Waals surface area contributed by atoms with Gasteiger partial charge in [-0.15, -0.1) is 10.2 Å². The van der Waals surface area contributed by atoms with Crippen LogP contribution in [0, 0.1) is 5.82 Å². The van der Waals surface area contributed by atoms with E-state index in [2.05, 4.69) is 35.5 Å². The number of hydrogen-bond donors (Lipinski definition) is 0. The van der Waals surface area contributed by atoms with Gasteiger partial charge in [0.05, 0.1) is 6.54 Å². The van der Waals surface area contributed by atoms with E-state index in [4.69, 9.17) is 0 Å². The molecule has 3 aromatic rings. The van der Waals surface area contributed by atoms with Crippen LogP contribution in [0.25, 0.3) is 10.8 Å². The second kappa shape index (κ2) is 6.02. The molecule has 0 fully saturated rings. The molecule has 1 amide bonds. The van der Waals surface area contributed by atoms with Crippen LogP contribution >= 0.6 is 27.5 Å². The Morgan fingerprint density at radius 2 is 2.00 bits per heavy atom. The quantitative estimate of drug-likeness (QED) is 0.650. The van der Waals surface area contributed by atoms with Gasteiger partial charge in [0.15, 0.2) is 16.7 Å². The Morgan fingerprint density at radius 3 is 2.71 bits per heavy atom. The van der Waals surface area contributed by atoms with E-state index in [1.165, 1.54) is 35.8 Å². The predicted molar refractivity (Wildman–Crippen MR) is 87.8 cm³/mol. The summed E-state index contributed by atoms with van der Waals surface area (Å²) >= 11 is 4.46. The third-order valence-corrected chi connectivity index (χ3v) is 5.02. The molecule has 0 spiro atoms. The van der Waals surface area contributed by atoms with Gasteiger partial charge >= 0.3 is 0 Å². The van der Waals surface area contributed by atoms with Gasteiger partial charge in [0.2, 0.25) is 4.73 Å². The summed E-state index contributed by atoms with van der Waals surface area (Å²) in [7, 11) is 0. The number of nitrogens with zero attached hydrogens (tertiary/aromatic N) is 6. The second-order valence-corrected chi connectivity index (χ2v) is 6.65. The smallest absolute Gasteiger partial charge is 0.254 e. The van der Waals surface area contributed by atoms with Crippen LogP contribution in [-0.4, -0.2) is 41.5 Å². The van der Waals surface area contributed by atoms with Crippen LogP contribution in [0.3, 0.4) is 0 Å². The van der Waals surface area contributed by atoms with Crippen molar-refractivity contribution in [3.05, 3.63) is 46.2 Å². The highest BCUT2D eigenvalue weighted by Gasteiger charge is 2.26. The van der Waals surface area contributed by atoms with Crippen molar-refractivity contribution in [3.63, 3.8) is 0 Å². The zero-order valence-corrected chi connectivity index (χ0v) is 14.6. The molecule has 10 heteroatoms. The Balaban J connectivity index is 1.57. The van der Waals surface area contributed by atoms with E-state index < -0.39 is 0 Å². The van der Waals surface area contributed by atoms with Crippen LogP contribution in [0.2, 0.25) is 0 Å². The Morgan fingerprint density at radius 1 is 1.21 bits per heavy atom. The summed E-state index contributed by atoms with van der Waals surface area (Å²) in [5.41, 5.74) is 0.456. The number of rotatable bonds is 2. The third-order valence-electron chi connectivity index (χ3n) is 3.72. The normalized spacial score (nSPS) is 13.8. The van der Waals surface area contributed by atoms with E-state index in [0.29, 0.717) is 46.6 Å². The monoisotopic (exact) mass is 408 g/mol. The minimum absolute atomic E-state index is 0.149. The van der Waals surface area contributed by atoms with Crippen molar-refractivity contribution in [2.24, 2.45) is 0 Å². The van der Waals surface area contributed by atoms with Crippen molar-refractivity contribution in [3.8, 4) is 10.8 Å². The van der Waals surface area contributed by atoms with Crippen LogP contribution in [0.5, 0.6) is 0 Å². The molecule has 2 aromatic heterocycles. The number of hydrogen-bond acceptors (Lipinski definition) is 6. The standard InChI is InChI=1S/C14H10BrFN6OS/c15-14-17-12(24-20-14)11-19-18-10-7-21(5-6-22(10)11)13(23)8-1-3-9(16)4-2-8/h1-4H,5-7H2. The summed E-state index contributed by atoms with van der Waals surface area (Å²) in [6.45, 7) is 1.44. The molecule has 0 bridgehead atoms. The summed E-state index contributed by atoms with van der Waals surface area (Å²) in [4.78, 5) is 18.5. The minimum atomic E-state index is -0.363. The molecule has 0 atom stereocenters. The van der Waals surface area contributed by atoms with Gasteiger partial charge in [0.25, 0.3) is 5.91 Å². The Bertz CT molecular complexity index is 908. The lowest BCUT2D eigenvalue weighted by atomic mass is 10.2. The Hall–Kier alpha value is -2.20. The molecule has 0 radical (unpaired) electrons. The van der Waals surface area contributed by atoms with Gasteiger partial charge in [-0.05, 0) is 51.7 Å². The fraction of sp³-hybridized carbons (Fsp3) is 0.214. The second-order valence-electron chi connectivity index (χ2n) is 5.19. The van der Waals surface area contributed by atoms with Gasteiger partial charge in [-0.3, -0.25) is 4.79 Å². The average molecular weight is 409 g/mol. The first-order valence-electron chi connectivity index (χ1n) is 7.08. The van der Waals surface area contributed by atoms with Crippen LogP contribution in [0.15, 0.2) is 29.0 Å². The van der Waals surface area contributed by atoms with Crippen molar-refractivity contribution in [2.45, 2.75) is 13.1 Å². The number of carbonyl (C=O) groups is 1. The molecular weight excluding hydrogens is 399 g/mol. The Kier molecular flexibility index (Phi) is 3.85. The molecule has 1 aromatic carbocycles. The fourth-order valence-electron chi connectivity index (χ4n) is 2.56. The molecule has 4 rings (SSSR count). The van der Waals surface area contributed by atoms with E-state index in [9.17, 15) is 9.18 Å². The number of halogens is 2. The van der Waals surface area contributed by atoms with Gasteiger partial charge < -0.3 is 9.47 Å². The topological polar surface area (TPSA) is 76.8 Å². The maximum Gasteiger partial charge on any atom is 0.254 e. The van der Waals surface area contributed by atoms with Crippen LogP contribution in [0.1, 0.15) is 16.2 Å². The molecule has 24 heavy (non-hydrogen) atoms. The van der Waals surface area contributed by atoms with Gasteiger partial charge in [0.1, 0.15) is 5.82 Å². The summed E-state index contributed by atoms with van der Waals surface area (Å²) in [6, 6.07) is 5.54. The molecule has 0 saturated heterocycles. The molecular formula is C14H10BrFN6OS. The lowest BCUT2D eigenvalue weighted by molar-refractivity contribution is 0.0708. The van der Waals surface area contributed by atoms with E-state index in [-0.39, 0.29) is 11.7 Å². The van der Waals surface area contributed by atoms with Crippen molar-refractivity contribution in [1.29, 1.82) is 0 Å². The Labute approximate surface area is 148 Å². The van der Waals surface area contributed by atoms with Crippen LogP contribution < -0.4 is 0 Å². The highest BCUT2D eigenvalue weighted by molar-refractivity contribution is 9.10. The largest absolute Gasteiger partial charge is 0.329 e. The van der Waals surface area contributed by atoms with E-state index >= 15 is 0 Å². The number of carbonyl (C=O) groups excluding carboxylic acids is 1. The third kappa shape index (κ3) is 2.71. The predicted octanol–water partition coefficient (Wildman–Crippen LogP) is 2.35. The van der Waals surface area contributed by atoms with Crippen molar-refractivity contribution in [1.82, 2.24) is 29.0 Å². The van der Waals surface area contributed by atoms with E-state index in [1.54, 1.807) is 4.90 Å². The molecule has 0 N–H and O–H groups in total. The summed E-state index contributed by atoms with van der Waals surface area (Å²) in [5, 5.41) is 9.02. The molecule has 0 saturated carbocycles. The average Bonchev–Trinajstić information content (AvgIpc) is 3.20. The lowest BCUT2D eigenvalue weighted by Crippen LogP contribution is -2.38. The number of benzene rings is 1. The molecule has 3 heterocycles. The van der Waals surface area contributed by atoms with Crippen molar-refractivity contribution in [2.75, 3.05) is 6.54 Å². The summed E-state index contributed by atoms with van der Waals surface area (Å²) < 4.78 is 19.5. The maximum atomic E-state index is 13.0. The van der Waals surface area contributed by atoms with Gasteiger partial charge in [-0.1, -0.05) is 0 Å². The first kappa shape index (κ1) is 15.3. The van der Waals surface area contributed by atoms with Crippen molar-refractivity contribution >= 4 is 33.4 Å². The summed E-state index contributed by atoms with van der Waals surface area (Å²) in [5.74, 6) is 0.836. The van der Waals surface area contributed by atoms with Crippen molar-refractivity contribution < 1.29 is 9.18 Å². The molecule has 122 valence electrons. The zero-order chi connectivity index (χ0) is 16.7. The molecule has 1 aliphatic heterocycles. The lowest BCUT2D eigenvalue weighted by Gasteiger charge is -2.27. The zero-order valence-electron chi connectivity index (χ0n) is 12.2. The SMILES string of the molecule is O=C(c1ccc(F)cc1)N1CCn2c(nnc2-c2nc(Br)ns2)C1. The minimum Gasteiger partial charge on any atom is -0.329 e. The number of aromatic nitrogens is 5. The molecule has 0 aliphatic carbocycles. The number of fused-ring (bicyclic) bond motifs is 1. The number of amides is 1. The highest BCUT2D eigenvalue weighted by Crippen LogP contribution is 2.25. The first-order valence-corrected chi connectivity index (χ1v) is 8.65. The highest BCUT2D eigenvalue weighted by atomic mass is 79.9. The van der Waals surface area contributed by atoms with Crippen LogP contribution in [-0.2, 0) is 13.1 Å². The molecule has 0 unspecified atom stereocenters. The summed E-state index contributed by atoms with van der Waals surface area (Å²) in [6.07, 6.45) is 0. The van der Waals surface area contributed by atoms with Gasteiger partial charge in [-0.25, -0.2) is 9.37 Å². The fourth-order valence-corrected chi connectivity index (χ4v) is 3.64. The van der Waals surface area contributed by atoms with Crippen LogP contribution in [0.4, 0.5) is 4.39 Å². The van der Waals surface area contributed by atoms with Gasteiger partial charge in [0, 0.05) is 18.7 Å². The maximum absolute atomic E-state index is 13.0. The van der Waals surface area contributed by atoms with E-state index in [0.717, 1.165) is 0 Å².